The van der Waals surface area contributed by atoms with E-state index in [-0.39, 0.29) is 5.91 Å². The number of carbonyl (C=O) groups is 1. The van der Waals surface area contributed by atoms with Crippen molar-refractivity contribution >= 4 is 76.5 Å². The molecule has 0 saturated carbocycles. The SMILES string of the molecule is Brc1cc(Br)c2nccn2n1.O=C(c1ccc(Nc2cc(Br)nn3ccnc23)nc1)N1CCOCC1. The average molecular weight is 680 g/mol. The molecule has 14 heteroatoms. The molecule has 1 aliphatic heterocycles. The molecule has 0 atom stereocenters. The highest BCUT2D eigenvalue weighted by Crippen LogP contribution is 2.23. The maximum Gasteiger partial charge on any atom is 0.255 e. The fraction of sp³-hybridized carbons (Fsp3) is 0.182. The van der Waals surface area contributed by atoms with Gasteiger partial charge in [-0.3, -0.25) is 4.79 Å². The number of rotatable bonds is 3. The van der Waals surface area contributed by atoms with Crippen LogP contribution in [0.4, 0.5) is 11.5 Å². The number of aromatic nitrogens is 7. The van der Waals surface area contributed by atoms with Gasteiger partial charge in [0.25, 0.3) is 5.91 Å². The molecule has 0 spiro atoms. The third kappa shape index (κ3) is 5.56. The largest absolute Gasteiger partial charge is 0.378 e. The number of imidazole rings is 2. The number of anilines is 2. The molecule has 36 heavy (non-hydrogen) atoms. The van der Waals surface area contributed by atoms with Crippen LogP contribution < -0.4 is 5.32 Å². The van der Waals surface area contributed by atoms with Crippen molar-refractivity contribution in [3.8, 4) is 0 Å². The number of amides is 1. The number of hydrogen-bond donors (Lipinski definition) is 1. The number of nitrogens with zero attached hydrogens (tertiary/aromatic N) is 8. The second-order valence-corrected chi connectivity index (χ2v) is 10.0. The van der Waals surface area contributed by atoms with Crippen molar-refractivity contribution in [2.75, 3.05) is 31.6 Å². The van der Waals surface area contributed by atoms with Gasteiger partial charge in [0.15, 0.2) is 11.3 Å². The summed E-state index contributed by atoms with van der Waals surface area (Å²) in [5.41, 5.74) is 2.85. The lowest BCUT2D eigenvalue weighted by molar-refractivity contribution is 0.0302. The van der Waals surface area contributed by atoms with Gasteiger partial charge >= 0.3 is 0 Å². The van der Waals surface area contributed by atoms with Crippen molar-refractivity contribution in [1.82, 2.24) is 39.1 Å². The molecular weight excluding hydrogens is 662 g/mol. The van der Waals surface area contributed by atoms with Crippen molar-refractivity contribution < 1.29 is 9.53 Å². The first-order valence-electron chi connectivity index (χ1n) is 10.7. The quantitative estimate of drug-likeness (QED) is 0.299. The fourth-order valence-electron chi connectivity index (χ4n) is 3.51. The van der Waals surface area contributed by atoms with Crippen LogP contribution in [0.2, 0.25) is 0 Å². The number of hydrogen-bond acceptors (Lipinski definition) is 8. The summed E-state index contributed by atoms with van der Waals surface area (Å²) in [5, 5.41) is 11.6. The van der Waals surface area contributed by atoms with Crippen molar-refractivity contribution in [2.45, 2.75) is 0 Å². The topological polar surface area (TPSA) is 115 Å². The molecule has 6 rings (SSSR count). The molecule has 1 amide bonds. The Morgan fingerprint density at radius 1 is 0.889 bits per heavy atom. The van der Waals surface area contributed by atoms with Gasteiger partial charge in [0.05, 0.1) is 28.9 Å². The first kappa shape index (κ1) is 24.7. The highest BCUT2D eigenvalue weighted by Gasteiger charge is 2.18. The number of ether oxygens (including phenoxy) is 1. The number of fused-ring (bicyclic) bond motifs is 2. The van der Waals surface area contributed by atoms with Gasteiger partial charge in [-0.1, -0.05) is 0 Å². The molecule has 184 valence electrons. The number of pyridine rings is 1. The molecule has 5 aromatic heterocycles. The zero-order valence-electron chi connectivity index (χ0n) is 18.6. The molecule has 0 aliphatic carbocycles. The molecule has 0 radical (unpaired) electrons. The predicted molar refractivity (Wildman–Crippen MR) is 143 cm³/mol. The van der Waals surface area contributed by atoms with Crippen LogP contribution in [0.15, 0.2) is 68.9 Å². The van der Waals surface area contributed by atoms with Crippen LogP contribution in [0.3, 0.4) is 0 Å². The van der Waals surface area contributed by atoms with E-state index in [9.17, 15) is 4.79 Å². The molecule has 11 nitrogen and oxygen atoms in total. The minimum absolute atomic E-state index is 0.0235. The van der Waals surface area contributed by atoms with Crippen LogP contribution in [0.5, 0.6) is 0 Å². The maximum absolute atomic E-state index is 12.4. The summed E-state index contributed by atoms with van der Waals surface area (Å²) in [6.45, 7) is 2.38. The normalized spacial score (nSPS) is 13.5. The van der Waals surface area contributed by atoms with E-state index >= 15 is 0 Å². The highest BCUT2D eigenvalue weighted by atomic mass is 79.9. The summed E-state index contributed by atoms with van der Waals surface area (Å²) >= 11 is 10.0. The van der Waals surface area contributed by atoms with Crippen LogP contribution in [0.25, 0.3) is 11.3 Å². The maximum atomic E-state index is 12.4. The molecule has 0 unspecified atom stereocenters. The van der Waals surface area contributed by atoms with Gasteiger partial charge in [0.1, 0.15) is 15.0 Å². The molecule has 5 aromatic rings. The van der Waals surface area contributed by atoms with E-state index in [1.54, 1.807) is 57.0 Å². The lowest BCUT2D eigenvalue weighted by Crippen LogP contribution is -2.40. The Labute approximate surface area is 230 Å². The van der Waals surface area contributed by atoms with Gasteiger partial charge in [-0.15, -0.1) is 0 Å². The fourth-order valence-corrected chi connectivity index (χ4v) is 5.12. The second-order valence-electron chi connectivity index (χ2n) is 7.55. The van der Waals surface area contributed by atoms with Crippen LogP contribution in [-0.2, 0) is 4.74 Å². The van der Waals surface area contributed by atoms with Gasteiger partial charge in [0, 0.05) is 50.1 Å². The summed E-state index contributed by atoms with van der Waals surface area (Å²) in [4.78, 5) is 26.9. The lowest BCUT2D eigenvalue weighted by atomic mass is 10.2. The summed E-state index contributed by atoms with van der Waals surface area (Å²) in [6.07, 6.45) is 8.53. The van der Waals surface area contributed by atoms with Gasteiger partial charge in [-0.05, 0) is 66.0 Å². The van der Waals surface area contributed by atoms with E-state index in [1.165, 1.54) is 0 Å². The van der Waals surface area contributed by atoms with E-state index in [4.69, 9.17) is 4.74 Å². The molecular formula is C22H18Br3N9O2. The standard InChI is InChI=1S/C16H15BrN6O2.C6H3Br2N3/c17-13-9-12(15-18-3-4-23(15)21-13)20-14-2-1-11(10-19-14)16(24)22-5-7-25-8-6-22;7-4-3-5(8)10-11-2-1-9-6(4)11/h1-4,9-10H,5-8H2,(H,19,20);1-3H. The molecule has 6 heterocycles. The van der Waals surface area contributed by atoms with Crippen molar-refractivity contribution in [3.05, 3.63) is 74.5 Å². The highest BCUT2D eigenvalue weighted by molar-refractivity contribution is 9.11. The molecule has 1 saturated heterocycles. The third-order valence-corrected chi connectivity index (χ3v) is 6.54. The summed E-state index contributed by atoms with van der Waals surface area (Å²) < 4.78 is 11.0. The number of halogens is 3. The van der Waals surface area contributed by atoms with E-state index in [1.807, 2.05) is 12.1 Å². The van der Waals surface area contributed by atoms with Crippen molar-refractivity contribution in [2.24, 2.45) is 0 Å². The third-order valence-electron chi connectivity index (χ3n) is 5.19. The smallest absolute Gasteiger partial charge is 0.255 e. The Kier molecular flexibility index (Phi) is 7.55. The zero-order chi connectivity index (χ0) is 25.1. The van der Waals surface area contributed by atoms with Gasteiger partial charge < -0.3 is 15.0 Å². The predicted octanol–water partition coefficient (Wildman–Crippen LogP) is 4.36. The summed E-state index contributed by atoms with van der Waals surface area (Å²) in [5.74, 6) is 0.603. The van der Waals surface area contributed by atoms with Crippen LogP contribution in [-0.4, -0.2) is 71.3 Å². The Morgan fingerprint density at radius 2 is 1.56 bits per heavy atom. The minimum atomic E-state index is -0.0235. The Morgan fingerprint density at radius 3 is 2.25 bits per heavy atom. The Balaban J connectivity index is 0.000000202. The van der Waals surface area contributed by atoms with Gasteiger partial charge in [0.2, 0.25) is 0 Å². The van der Waals surface area contributed by atoms with E-state index in [0.717, 1.165) is 20.4 Å². The first-order valence-corrected chi connectivity index (χ1v) is 13.1. The van der Waals surface area contributed by atoms with E-state index in [2.05, 4.69) is 78.3 Å². The van der Waals surface area contributed by atoms with Crippen molar-refractivity contribution in [3.63, 3.8) is 0 Å². The zero-order valence-corrected chi connectivity index (χ0v) is 23.3. The lowest BCUT2D eigenvalue weighted by Gasteiger charge is -2.26. The molecule has 0 aromatic carbocycles. The monoisotopic (exact) mass is 677 g/mol. The van der Waals surface area contributed by atoms with E-state index in [0.29, 0.717) is 47.9 Å². The van der Waals surface area contributed by atoms with Gasteiger partial charge in [-0.2, -0.15) is 10.2 Å². The molecule has 1 N–H and O–H groups in total. The van der Waals surface area contributed by atoms with Crippen LogP contribution in [0.1, 0.15) is 10.4 Å². The van der Waals surface area contributed by atoms with Crippen LogP contribution in [0, 0.1) is 0 Å². The van der Waals surface area contributed by atoms with E-state index < -0.39 is 0 Å². The second kappa shape index (κ2) is 11.0. The molecule has 0 bridgehead atoms. The van der Waals surface area contributed by atoms with Gasteiger partial charge in [-0.25, -0.2) is 24.0 Å². The Bertz CT molecular complexity index is 1510. The number of morpholine rings is 1. The summed E-state index contributed by atoms with van der Waals surface area (Å²) in [7, 11) is 0. The minimum Gasteiger partial charge on any atom is -0.378 e. The van der Waals surface area contributed by atoms with Crippen LogP contribution >= 0.6 is 47.8 Å². The van der Waals surface area contributed by atoms with Crippen molar-refractivity contribution in [1.29, 1.82) is 0 Å². The average Bonchev–Trinajstić information content (AvgIpc) is 3.55. The molecule has 1 aliphatic rings. The molecule has 1 fully saturated rings. The Hall–Kier alpha value is -2.94. The first-order chi connectivity index (χ1) is 17.5. The summed E-state index contributed by atoms with van der Waals surface area (Å²) in [6, 6.07) is 7.24. The number of carbonyl (C=O) groups excluding carboxylic acids is 1. The number of nitrogens with one attached hydrogen (secondary N) is 1.